The number of fused-ring (bicyclic) bond motifs is 1. The molecule has 10 nitrogen and oxygen atoms in total. The van der Waals surface area contributed by atoms with Crippen LogP contribution in [0.25, 0.3) is 11.4 Å². The van der Waals surface area contributed by atoms with E-state index in [1.807, 2.05) is 16.5 Å². The number of benzene rings is 1. The van der Waals surface area contributed by atoms with E-state index in [9.17, 15) is 17.6 Å². The highest BCUT2D eigenvalue weighted by Crippen LogP contribution is 2.33. The van der Waals surface area contributed by atoms with Crippen LogP contribution in [-0.4, -0.2) is 61.5 Å². The van der Waals surface area contributed by atoms with Crippen molar-refractivity contribution in [2.45, 2.75) is 17.1 Å². The summed E-state index contributed by atoms with van der Waals surface area (Å²) in [5.74, 6) is 2.92. The Balaban J connectivity index is 1.32. The van der Waals surface area contributed by atoms with Crippen molar-refractivity contribution in [3.05, 3.63) is 59.7 Å². The number of hydrogen-bond donors (Lipinski definition) is 2. The van der Waals surface area contributed by atoms with Crippen molar-refractivity contribution in [3.63, 3.8) is 0 Å². The molecule has 3 aromatic rings. The fourth-order valence-electron chi connectivity index (χ4n) is 3.92. The second-order valence-electron chi connectivity index (χ2n) is 8.14. The Kier molecular flexibility index (Phi) is 7.03. The van der Waals surface area contributed by atoms with Gasteiger partial charge >= 0.3 is 6.03 Å². The molecule has 2 aliphatic rings. The maximum Gasteiger partial charge on any atom is 0.334 e. The van der Waals surface area contributed by atoms with Crippen LogP contribution in [0.3, 0.4) is 0 Å². The summed E-state index contributed by atoms with van der Waals surface area (Å²) in [5, 5.41) is 2.39. The van der Waals surface area contributed by atoms with Gasteiger partial charge in [0.05, 0.1) is 23.8 Å². The van der Waals surface area contributed by atoms with Crippen LogP contribution >= 0.6 is 11.8 Å². The molecule has 2 N–H and O–H groups in total. The molecule has 1 fully saturated rings. The summed E-state index contributed by atoms with van der Waals surface area (Å²) in [6, 6.07) is 6.42. The summed E-state index contributed by atoms with van der Waals surface area (Å²) in [4.78, 5) is 28.1. The van der Waals surface area contributed by atoms with Crippen molar-refractivity contribution in [1.29, 1.82) is 0 Å². The monoisotopic (exact) mass is 530 g/mol. The Morgan fingerprint density at radius 1 is 1.08 bits per heavy atom. The van der Waals surface area contributed by atoms with Gasteiger partial charge in [0.2, 0.25) is 0 Å². The summed E-state index contributed by atoms with van der Waals surface area (Å²) in [6.07, 6.45) is 2.40. The number of nitrogens with zero attached hydrogens (tertiary/aromatic N) is 4. The second-order valence-corrected chi connectivity index (χ2v) is 10.9. The molecular weight excluding hydrogens is 507 g/mol. The maximum atomic E-state index is 13.1. The summed E-state index contributed by atoms with van der Waals surface area (Å²) in [5.41, 5.74) is 2.88. The number of carbonyl (C=O) groups excluding carboxylic acids is 1. The zero-order valence-electron chi connectivity index (χ0n) is 19.1. The number of sulfonamides is 1. The molecule has 36 heavy (non-hydrogen) atoms. The van der Waals surface area contributed by atoms with Gasteiger partial charge in [-0.15, -0.1) is 0 Å². The molecule has 0 aliphatic carbocycles. The van der Waals surface area contributed by atoms with Crippen LogP contribution in [0.4, 0.5) is 20.8 Å². The molecule has 0 bridgehead atoms. The number of hydrogen-bond acceptors (Lipinski definition) is 9. The molecule has 4 heterocycles. The Bertz CT molecular complexity index is 1360. The van der Waals surface area contributed by atoms with Crippen LogP contribution in [0.15, 0.2) is 47.5 Å². The van der Waals surface area contributed by atoms with Crippen LogP contribution in [-0.2, 0) is 26.9 Å². The van der Waals surface area contributed by atoms with Crippen molar-refractivity contribution >= 4 is 39.5 Å². The van der Waals surface area contributed by atoms with Gasteiger partial charge in [-0.3, -0.25) is 5.32 Å². The van der Waals surface area contributed by atoms with Gasteiger partial charge in [0.15, 0.2) is 5.82 Å². The molecule has 0 saturated carbocycles. The zero-order valence-corrected chi connectivity index (χ0v) is 20.7. The number of urea groups is 1. The summed E-state index contributed by atoms with van der Waals surface area (Å²) >= 11 is 1.87. The topological polar surface area (TPSA) is 126 Å². The quantitative estimate of drug-likeness (QED) is 0.512. The first-order valence-electron chi connectivity index (χ1n) is 11.2. The summed E-state index contributed by atoms with van der Waals surface area (Å²) in [7, 11) is -4.16. The van der Waals surface area contributed by atoms with Crippen molar-refractivity contribution in [1.82, 2.24) is 19.7 Å². The van der Waals surface area contributed by atoms with Gasteiger partial charge in [-0.1, -0.05) is 0 Å². The molecule has 0 spiro atoms. The number of carbonyl (C=O) groups is 1. The number of amides is 2. The first-order valence-corrected chi connectivity index (χ1v) is 13.9. The number of morpholine rings is 1. The molecular formula is C23H23FN6O4S2. The first kappa shape index (κ1) is 24.4. The molecule has 0 radical (unpaired) electrons. The average molecular weight is 531 g/mol. The number of aromatic nitrogens is 3. The molecule has 13 heteroatoms. The fraction of sp³-hybridized carbons (Fsp3) is 0.304. The SMILES string of the molecule is O=C(Nc1ccc(-c2nc3c(c(N4CCOCC4)n2)CSCC3)cn1)NS(=O)(=O)c1ccc(F)cc1. The van der Waals surface area contributed by atoms with Gasteiger partial charge in [-0.25, -0.2) is 37.3 Å². The Morgan fingerprint density at radius 2 is 1.86 bits per heavy atom. The van der Waals surface area contributed by atoms with Gasteiger partial charge in [-0.2, -0.15) is 11.8 Å². The molecule has 5 rings (SSSR count). The number of pyridine rings is 1. The first-order chi connectivity index (χ1) is 17.4. The normalized spacial score (nSPS) is 15.8. The van der Waals surface area contributed by atoms with E-state index in [-0.39, 0.29) is 10.7 Å². The molecule has 0 atom stereocenters. The smallest absolute Gasteiger partial charge is 0.334 e. The average Bonchev–Trinajstić information content (AvgIpc) is 2.89. The summed E-state index contributed by atoms with van der Waals surface area (Å²) in [6.45, 7) is 2.85. The molecule has 188 valence electrons. The van der Waals surface area contributed by atoms with E-state index in [1.165, 1.54) is 11.8 Å². The fourth-order valence-corrected chi connectivity index (χ4v) is 5.81. The van der Waals surface area contributed by atoms with E-state index in [1.54, 1.807) is 12.1 Å². The number of aryl methyl sites for hydroxylation is 1. The van der Waals surface area contributed by atoms with Crippen molar-refractivity contribution in [2.24, 2.45) is 0 Å². The lowest BCUT2D eigenvalue weighted by Crippen LogP contribution is -2.38. The lowest BCUT2D eigenvalue weighted by atomic mass is 10.1. The predicted octanol–water partition coefficient (Wildman–Crippen LogP) is 2.81. The highest BCUT2D eigenvalue weighted by Gasteiger charge is 2.24. The third-order valence-electron chi connectivity index (χ3n) is 5.73. The minimum absolute atomic E-state index is 0.147. The molecule has 1 aromatic carbocycles. The van der Waals surface area contributed by atoms with Crippen molar-refractivity contribution in [3.8, 4) is 11.4 Å². The number of halogens is 1. The second kappa shape index (κ2) is 10.4. The van der Waals surface area contributed by atoms with E-state index in [0.717, 1.165) is 66.8 Å². The minimum atomic E-state index is -4.16. The number of anilines is 2. The highest BCUT2D eigenvalue weighted by molar-refractivity contribution is 7.98. The lowest BCUT2D eigenvalue weighted by molar-refractivity contribution is 0.122. The standard InChI is InChI=1S/C23H23FN6O4S2/c24-16-2-4-17(5-3-16)36(32,33)29-23(31)27-20-6-1-15(13-25-20)21-26-19-7-12-35-14-18(19)22(28-21)30-8-10-34-11-9-30/h1-6,13H,7-12,14H2,(H2,25,27,29,31). The molecule has 2 aromatic heterocycles. The van der Waals surface area contributed by atoms with Gasteiger partial charge in [0.25, 0.3) is 10.0 Å². The van der Waals surface area contributed by atoms with Gasteiger partial charge < -0.3 is 9.64 Å². The third-order valence-corrected chi connectivity index (χ3v) is 8.06. The Morgan fingerprint density at radius 3 is 2.58 bits per heavy atom. The zero-order chi connectivity index (χ0) is 25.1. The largest absolute Gasteiger partial charge is 0.378 e. The van der Waals surface area contributed by atoms with Gasteiger partial charge in [0.1, 0.15) is 17.5 Å². The van der Waals surface area contributed by atoms with E-state index < -0.39 is 21.9 Å². The van der Waals surface area contributed by atoms with Crippen LogP contribution < -0.4 is 14.9 Å². The van der Waals surface area contributed by atoms with Crippen molar-refractivity contribution < 1.29 is 22.3 Å². The van der Waals surface area contributed by atoms with Crippen LogP contribution in [0, 0.1) is 5.82 Å². The Labute approximate surface area is 211 Å². The number of ether oxygens (including phenoxy) is 1. The number of nitrogens with one attached hydrogen (secondary N) is 2. The van der Waals surface area contributed by atoms with E-state index in [2.05, 4.69) is 15.2 Å². The van der Waals surface area contributed by atoms with E-state index >= 15 is 0 Å². The van der Waals surface area contributed by atoms with Crippen LogP contribution in [0.5, 0.6) is 0 Å². The van der Waals surface area contributed by atoms with Gasteiger partial charge in [0, 0.05) is 36.2 Å². The molecule has 0 unspecified atom stereocenters. The van der Waals surface area contributed by atoms with Gasteiger partial charge in [-0.05, 0) is 48.6 Å². The predicted molar refractivity (Wildman–Crippen MR) is 134 cm³/mol. The number of rotatable bonds is 5. The molecule has 2 aliphatic heterocycles. The minimum Gasteiger partial charge on any atom is -0.378 e. The summed E-state index contributed by atoms with van der Waals surface area (Å²) < 4.78 is 45.1. The maximum absolute atomic E-state index is 13.1. The Hall–Kier alpha value is -3.29. The molecule has 1 saturated heterocycles. The number of thioether (sulfide) groups is 1. The van der Waals surface area contributed by atoms with Crippen LogP contribution in [0.1, 0.15) is 11.3 Å². The van der Waals surface area contributed by atoms with E-state index in [4.69, 9.17) is 14.7 Å². The molecule has 2 amide bonds. The third kappa shape index (κ3) is 5.42. The highest BCUT2D eigenvalue weighted by atomic mass is 32.2. The van der Waals surface area contributed by atoms with Crippen LogP contribution in [0.2, 0.25) is 0 Å². The van der Waals surface area contributed by atoms with Crippen molar-refractivity contribution in [2.75, 3.05) is 42.3 Å². The lowest BCUT2D eigenvalue weighted by Gasteiger charge is -2.31. The van der Waals surface area contributed by atoms with E-state index in [0.29, 0.717) is 24.6 Å².